The first-order valence-electron chi connectivity index (χ1n) is 9.64. The van der Waals surface area contributed by atoms with Crippen molar-refractivity contribution in [1.82, 2.24) is 10.3 Å². The molecule has 2 aromatic heterocycles. The first kappa shape index (κ1) is 19.4. The summed E-state index contributed by atoms with van der Waals surface area (Å²) in [6.45, 7) is 3.74. The van der Waals surface area contributed by atoms with Gasteiger partial charge in [-0.2, -0.15) is 0 Å². The summed E-state index contributed by atoms with van der Waals surface area (Å²) < 4.78 is 5.38. The van der Waals surface area contributed by atoms with Crippen molar-refractivity contribution in [2.75, 3.05) is 37.7 Å². The number of thiophene rings is 1. The first-order valence-corrected chi connectivity index (χ1v) is 10.5. The molecule has 3 aromatic rings. The van der Waals surface area contributed by atoms with Crippen LogP contribution in [0.5, 0.6) is 5.75 Å². The summed E-state index contributed by atoms with van der Waals surface area (Å²) in [6, 6.07) is 14.9. The van der Waals surface area contributed by atoms with E-state index in [2.05, 4.69) is 21.3 Å². The van der Waals surface area contributed by atoms with Crippen LogP contribution in [0, 0.1) is 0 Å². The van der Waals surface area contributed by atoms with Gasteiger partial charge in [0, 0.05) is 36.3 Å². The number of aromatic nitrogens is 1. The summed E-state index contributed by atoms with van der Waals surface area (Å²) in [4.78, 5) is 20.9. The number of ether oxygens (including phenoxy) is 1. The predicted octanol–water partition coefficient (Wildman–Crippen LogP) is 3.32. The zero-order chi connectivity index (χ0) is 20.1. The number of morpholine rings is 1. The van der Waals surface area contributed by atoms with E-state index in [-0.39, 0.29) is 11.7 Å². The molecule has 0 saturated carbocycles. The van der Waals surface area contributed by atoms with E-state index in [1.807, 2.05) is 36.5 Å². The summed E-state index contributed by atoms with van der Waals surface area (Å²) in [5.41, 5.74) is 2.08. The van der Waals surface area contributed by atoms with Crippen LogP contribution in [0.2, 0.25) is 0 Å². The fourth-order valence-electron chi connectivity index (χ4n) is 3.20. The van der Waals surface area contributed by atoms with Crippen LogP contribution in [0.1, 0.15) is 15.2 Å². The van der Waals surface area contributed by atoms with Crippen molar-refractivity contribution in [1.29, 1.82) is 0 Å². The monoisotopic (exact) mass is 409 g/mol. The van der Waals surface area contributed by atoms with Crippen molar-refractivity contribution in [2.24, 2.45) is 0 Å². The van der Waals surface area contributed by atoms with Gasteiger partial charge < -0.3 is 20.1 Å². The fraction of sp³-hybridized carbons (Fsp3) is 0.273. The van der Waals surface area contributed by atoms with Gasteiger partial charge in [-0.05, 0) is 48.4 Å². The van der Waals surface area contributed by atoms with Gasteiger partial charge in [0.15, 0.2) is 0 Å². The molecular weight excluding hydrogens is 386 g/mol. The molecule has 0 radical (unpaired) electrons. The quantitative estimate of drug-likeness (QED) is 0.653. The largest absolute Gasteiger partial charge is 0.508 e. The number of carbonyl (C=O) groups excluding carboxylic acids is 1. The van der Waals surface area contributed by atoms with Crippen molar-refractivity contribution in [2.45, 2.75) is 6.42 Å². The molecule has 2 N–H and O–H groups in total. The van der Waals surface area contributed by atoms with Crippen LogP contribution in [-0.2, 0) is 11.2 Å². The Morgan fingerprint density at radius 3 is 2.62 bits per heavy atom. The highest BCUT2D eigenvalue weighted by Gasteiger charge is 2.14. The second-order valence-corrected chi connectivity index (χ2v) is 7.92. The number of aromatic hydroxyl groups is 1. The van der Waals surface area contributed by atoms with Gasteiger partial charge in [-0.15, -0.1) is 11.3 Å². The molecule has 1 aliphatic rings. The Morgan fingerprint density at radius 2 is 1.90 bits per heavy atom. The Kier molecular flexibility index (Phi) is 6.07. The predicted molar refractivity (Wildman–Crippen MR) is 115 cm³/mol. The lowest BCUT2D eigenvalue weighted by atomic mass is 10.1. The number of carbonyl (C=O) groups is 1. The number of pyridine rings is 1. The maximum Gasteiger partial charge on any atom is 0.261 e. The third-order valence-corrected chi connectivity index (χ3v) is 5.97. The molecule has 0 unspecified atom stereocenters. The highest BCUT2D eigenvalue weighted by Crippen LogP contribution is 2.28. The molecule has 1 amide bonds. The van der Waals surface area contributed by atoms with Crippen LogP contribution >= 0.6 is 11.3 Å². The average Bonchev–Trinajstić information content (AvgIpc) is 3.26. The van der Waals surface area contributed by atoms with Crippen molar-refractivity contribution in [3.05, 3.63) is 65.2 Å². The minimum absolute atomic E-state index is 0.0714. The number of benzene rings is 1. The molecule has 7 heteroatoms. The Bertz CT molecular complexity index is 948. The van der Waals surface area contributed by atoms with Crippen LogP contribution in [0.3, 0.4) is 0 Å². The summed E-state index contributed by atoms with van der Waals surface area (Å²) in [6.07, 6.45) is 2.58. The Balaban J connectivity index is 1.33. The van der Waals surface area contributed by atoms with Gasteiger partial charge in [0.25, 0.3) is 5.91 Å². The smallest absolute Gasteiger partial charge is 0.261 e. The summed E-state index contributed by atoms with van der Waals surface area (Å²) >= 11 is 1.47. The maximum atomic E-state index is 12.4. The number of phenols is 1. The van der Waals surface area contributed by atoms with E-state index in [9.17, 15) is 9.90 Å². The van der Waals surface area contributed by atoms with E-state index in [1.165, 1.54) is 11.3 Å². The number of hydrogen-bond donors (Lipinski definition) is 2. The summed E-state index contributed by atoms with van der Waals surface area (Å²) in [7, 11) is 0. The molecule has 0 aliphatic carbocycles. The standard InChI is InChI=1S/C22H23N3O3S/c26-18-4-1-16(2-5-18)9-10-23-22(27)20-7-6-19(29-20)17-3-8-21(24-15-17)25-11-13-28-14-12-25/h1-8,15,26H,9-14H2,(H,23,27). The van der Waals surface area contributed by atoms with E-state index in [0.29, 0.717) is 11.4 Å². The van der Waals surface area contributed by atoms with Gasteiger partial charge in [0.2, 0.25) is 0 Å². The third kappa shape index (κ3) is 4.93. The molecule has 29 heavy (non-hydrogen) atoms. The normalized spacial score (nSPS) is 14.0. The topological polar surface area (TPSA) is 74.7 Å². The van der Waals surface area contributed by atoms with E-state index in [0.717, 1.165) is 54.5 Å². The van der Waals surface area contributed by atoms with E-state index in [1.54, 1.807) is 12.1 Å². The molecule has 6 nitrogen and oxygen atoms in total. The molecule has 150 valence electrons. The highest BCUT2D eigenvalue weighted by atomic mass is 32.1. The Labute approximate surface area is 173 Å². The molecular formula is C22H23N3O3S. The Hall–Kier alpha value is -2.90. The summed E-state index contributed by atoms with van der Waals surface area (Å²) in [5.74, 6) is 1.13. The number of hydrogen-bond acceptors (Lipinski definition) is 6. The summed E-state index contributed by atoms with van der Waals surface area (Å²) in [5, 5.41) is 12.3. The zero-order valence-electron chi connectivity index (χ0n) is 16.0. The molecule has 1 fully saturated rings. The third-order valence-electron chi connectivity index (χ3n) is 4.83. The lowest BCUT2D eigenvalue weighted by Gasteiger charge is -2.27. The number of phenolic OH excluding ortho intramolecular Hbond substituents is 1. The van der Waals surface area contributed by atoms with Crippen LogP contribution in [0.4, 0.5) is 5.82 Å². The second kappa shape index (κ2) is 9.07. The molecule has 1 aliphatic heterocycles. The molecule has 0 bridgehead atoms. The second-order valence-electron chi connectivity index (χ2n) is 6.84. The number of nitrogens with zero attached hydrogens (tertiary/aromatic N) is 2. The van der Waals surface area contributed by atoms with E-state index in [4.69, 9.17) is 4.74 Å². The van der Waals surface area contributed by atoms with Crippen LogP contribution in [0.15, 0.2) is 54.7 Å². The SMILES string of the molecule is O=C(NCCc1ccc(O)cc1)c1ccc(-c2ccc(N3CCOCC3)nc2)s1. The van der Waals surface area contributed by atoms with E-state index < -0.39 is 0 Å². The average molecular weight is 410 g/mol. The van der Waals surface area contributed by atoms with Crippen LogP contribution in [-0.4, -0.2) is 48.8 Å². The lowest BCUT2D eigenvalue weighted by Crippen LogP contribution is -2.36. The van der Waals surface area contributed by atoms with Crippen molar-refractivity contribution in [3.63, 3.8) is 0 Å². The molecule has 4 rings (SSSR count). The number of amides is 1. The van der Waals surface area contributed by atoms with Crippen molar-refractivity contribution < 1.29 is 14.6 Å². The number of nitrogens with one attached hydrogen (secondary N) is 1. The van der Waals surface area contributed by atoms with E-state index >= 15 is 0 Å². The number of rotatable bonds is 6. The van der Waals surface area contributed by atoms with Gasteiger partial charge in [-0.25, -0.2) is 4.98 Å². The van der Waals surface area contributed by atoms with Gasteiger partial charge in [0.1, 0.15) is 11.6 Å². The number of anilines is 1. The fourth-order valence-corrected chi connectivity index (χ4v) is 4.11. The molecule has 0 spiro atoms. The molecule has 1 aromatic carbocycles. The van der Waals surface area contributed by atoms with Gasteiger partial charge >= 0.3 is 0 Å². The van der Waals surface area contributed by atoms with Gasteiger partial charge in [-0.1, -0.05) is 12.1 Å². The molecule has 0 atom stereocenters. The zero-order valence-corrected chi connectivity index (χ0v) is 16.8. The first-order chi connectivity index (χ1) is 14.2. The van der Waals surface area contributed by atoms with Crippen molar-refractivity contribution >= 4 is 23.1 Å². The lowest BCUT2D eigenvalue weighted by molar-refractivity contribution is 0.0958. The van der Waals surface area contributed by atoms with Gasteiger partial charge in [0.05, 0.1) is 18.1 Å². The van der Waals surface area contributed by atoms with Gasteiger partial charge in [-0.3, -0.25) is 4.79 Å². The maximum absolute atomic E-state index is 12.4. The highest BCUT2D eigenvalue weighted by molar-refractivity contribution is 7.17. The molecule has 3 heterocycles. The van der Waals surface area contributed by atoms with Crippen molar-refractivity contribution in [3.8, 4) is 16.2 Å². The minimum Gasteiger partial charge on any atom is -0.508 e. The Morgan fingerprint density at radius 1 is 1.10 bits per heavy atom. The van der Waals surface area contributed by atoms with Crippen LogP contribution in [0.25, 0.3) is 10.4 Å². The minimum atomic E-state index is -0.0714. The molecule has 1 saturated heterocycles. The van der Waals surface area contributed by atoms with Crippen LogP contribution < -0.4 is 10.2 Å².